The third-order valence-corrected chi connectivity index (χ3v) is 5.21. The SMILES string of the molecule is O=C1CCCN(S(=O)(=O)c2ccc3c(c2)OCCO3)C1. The van der Waals surface area contributed by atoms with Gasteiger partial charge in [-0.05, 0) is 18.6 Å². The van der Waals surface area contributed by atoms with Crippen LogP contribution in [0.2, 0.25) is 0 Å². The van der Waals surface area contributed by atoms with Crippen LogP contribution in [0.5, 0.6) is 11.5 Å². The highest BCUT2D eigenvalue weighted by Crippen LogP contribution is 2.33. The Morgan fingerprint density at radius 3 is 2.60 bits per heavy atom. The number of hydrogen-bond donors (Lipinski definition) is 0. The quantitative estimate of drug-likeness (QED) is 0.808. The maximum atomic E-state index is 12.5. The molecule has 2 heterocycles. The summed E-state index contributed by atoms with van der Waals surface area (Å²) in [6.07, 6.45) is 1.02. The highest BCUT2D eigenvalue weighted by molar-refractivity contribution is 7.89. The van der Waals surface area contributed by atoms with Gasteiger partial charge in [-0.2, -0.15) is 4.31 Å². The third kappa shape index (κ3) is 2.38. The minimum atomic E-state index is -3.65. The lowest BCUT2D eigenvalue weighted by atomic mass is 10.1. The Morgan fingerprint density at radius 1 is 1.10 bits per heavy atom. The summed E-state index contributed by atoms with van der Waals surface area (Å²) in [5.74, 6) is 0.933. The van der Waals surface area contributed by atoms with Crippen LogP contribution in [0.3, 0.4) is 0 Å². The summed E-state index contributed by atoms with van der Waals surface area (Å²) in [5, 5.41) is 0. The highest BCUT2D eigenvalue weighted by Gasteiger charge is 2.30. The smallest absolute Gasteiger partial charge is 0.243 e. The molecule has 0 spiro atoms. The molecular weight excluding hydrogens is 282 g/mol. The first-order valence-electron chi connectivity index (χ1n) is 6.49. The Labute approximate surface area is 117 Å². The zero-order valence-corrected chi connectivity index (χ0v) is 11.7. The average Bonchev–Trinajstić information content (AvgIpc) is 2.46. The number of ether oxygens (including phenoxy) is 2. The molecule has 0 radical (unpaired) electrons. The summed E-state index contributed by atoms with van der Waals surface area (Å²) in [4.78, 5) is 11.6. The van der Waals surface area contributed by atoms with Crippen molar-refractivity contribution < 1.29 is 22.7 Å². The predicted molar refractivity (Wildman–Crippen MR) is 70.4 cm³/mol. The first-order valence-corrected chi connectivity index (χ1v) is 7.93. The number of Topliss-reactive ketones (excluding diaryl/α,β-unsaturated/α-hetero) is 1. The van der Waals surface area contributed by atoms with Gasteiger partial charge in [0.25, 0.3) is 0 Å². The van der Waals surface area contributed by atoms with Gasteiger partial charge in [-0.3, -0.25) is 4.79 Å². The van der Waals surface area contributed by atoms with Gasteiger partial charge in [0.05, 0.1) is 11.4 Å². The van der Waals surface area contributed by atoms with Crippen molar-refractivity contribution in [2.75, 3.05) is 26.3 Å². The monoisotopic (exact) mass is 297 g/mol. The molecule has 0 unspecified atom stereocenters. The lowest BCUT2D eigenvalue weighted by Gasteiger charge is -2.26. The first kappa shape index (κ1) is 13.4. The number of sulfonamides is 1. The minimum Gasteiger partial charge on any atom is -0.486 e. The normalized spacial score (nSPS) is 19.9. The molecule has 0 aromatic heterocycles. The molecule has 0 atom stereocenters. The van der Waals surface area contributed by atoms with E-state index in [0.717, 1.165) is 0 Å². The summed E-state index contributed by atoms with van der Waals surface area (Å²) < 4.78 is 37.0. The van der Waals surface area contributed by atoms with E-state index in [4.69, 9.17) is 9.47 Å². The van der Waals surface area contributed by atoms with Crippen LogP contribution >= 0.6 is 0 Å². The average molecular weight is 297 g/mol. The van der Waals surface area contributed by atoms with Crippen LogP contribution in [0, 0.1) is 0 Å². The number of benzene rings is 1. The van der Waals surface area contributed by atoms with Crippen LogP contribution < -0.4 is 9.47 Å². The van der Waals surface area contributed by atoms with Gasteiger partial charge in [0, 0.05) is 19.0 Å². The van der Waals surface area contributed by atoms with E-state index in [1.807, 2.05) is 0 Å². The largest absolute Gasteiger partial charge is 0.486 e. The summed E-state index contributed by atoms with van der Waals surface area (Å²) in [6.45, 7) is 1.19. The second-order valence-corrected chi connectivity index (χ2v) is 6.72. The number of hydrogen-bond acceptors (Lipinski definition) is 5. The van der Waals surface area contributed by atoms with Gasteiger partial charge in [-0.1, -0.05) is 0 Å². The van der Waals surface area contributed by atoms with Crippen LogP contribution in [0.15, 0.2) is 23.1 Å². The van der Waals surface area contributed by atoms with Crippen molar-refractivity contribution in [3.8, 4) is 11.5 Å². The lowest BCUT2D eigenvalue weighted by Crippen LogP contribution is -2.40. The molecule has 0 aliphatic carbocycles. The Morgan fingerprint density at radius 2 is 1.85 bits per heavy atom. The van der Waals surface area contributed by atoms with Crippen LogP contribution in [0.4, 0.5) is 0 Å². The summed E-state index contributed by atoms with van der Waals surface area (Å²) >= 11 is 0. The molecule has 1 saturated heterocycles. The molecule has 108 valence electrons. The second-order valence-electron chi connectivity index (χ2n) is 4.79. The first-order chi connectivity index (χ1) is 9.57. The molecule has 1 aromatic rings. The second kappa shape index (κ2) is 5.06. The number of rotatable bonds is 2. The number of piperidine rings is 1. The fraction of sp³-hybridized carbons (Fsp3) is 0.462. The van der Waals surface area contributed by atoms with Crippen LogP contribution in [-0.2, 0) is 14.8 Å². The van der Waals surface area contributed by atoms with Gasteiger partial charge in [0.15, 0.2) is 11.5 Å². The maximum absolute atomic E-state index is 12.5. The zero-order valence-electron chi connectivity index (χ0n) is 10.9. The van der Waals surface area contributed by atoms with E-state index >= 15 is 0 Å². The fourth-order valence-corrected chi connectivity index (χ4v) is 3.82. The Bertz CT molecular complexity index is 640. The van der Waals surface area contributed by atoms with Crippen molar-refractivity contribution in [1.29, 1.82) is 0 Å². The molecular formula is C13H15NO5S. The van der Waals surface area contributed by atoms with E-state index in [-0.39, 0.29) is 17.2 Å². The molecule has 0 saturated carbocycles. The molecule has 0 N–H and O–H groups in total. The molecule has 1 aromatic carbocycles. The predicted octanol–water partition coefficient (Wildman–Crippen LogP) is 0.811. The molecule has 6 nitrogen and oxygen atoms in total. The van der Waals surface area contributed by atoms with Crippen molar-refractivity contribution in [3.63, 3.8) is 0 Å². The van der Waals surface area contributed by atoms with Crippen LogP contribution in [-0.4, -0.2) is 44.8 Å². The van der Waals surface area contributed by atoms with Crippen molar-refractivity contribution >= 4 is 15.8 Å². The molecule has 20 heavy (non-hydrogen) atoms. The zero-order chi connectivity index (χ0) is 14.2. The molecule has 0 bridgehead atoms. The van der Waals surface area contributed by atoms with E-state index < -0.39 is 10.0 Å². The van der Waals surface area contributed by atoms with Gasteiger partial charge in [-0.15, -0.1) is 0 Å². The third-order valence-electron chi connectivity index (χ3n) is 3.37. The van der Waals surface area contributed by atoms with E-state index in [2.05, 4.69) is 0 Å². The highest BCUT2D eigenvalue weighted by atomic mass is 32.2. The molecule has 1 fully saturated rings. The summed E-state index contributed by atoms with van der Waals surface area (Å²) in [6, 6.07) is 4.54. The number of nitrogens with zero attached hydrogens (tertiary/aromatic N) is 1. The Balaban J connectivity index is 1.92. The van der Waals surface area contributed by atoms with E-state index in [9.17, 15) is 13.2 Å². The number of carbonyl (C=O) groups is 1. The van der Waals surface area contributed by atoms with Gasteiger partial charge < -0.3 is 9.47 Å². The molecule has 2 aliphatic heterocycles. The maximum Gasteiger partial charge on any atom is 0.243 e. The molecule has 3 rings (SSSR count). The topological polar surface area (TPSA) is 72.9 Å². The number of carbonyl (C=O) groups excluding carboxylic acids is 1. The summed E-state index contributed by atoms with van der Waals surface area (Å²) in [7, 11) is -3.65. The number of fused-ring (bicyclic) bond motifs is 1. The van der Waals surface area contributed by atoms with Crippen LogP contribution in [0.25, 0.3) is 0 Å². The van der Waals surface area contributed by atoms with E-state index in [1.165, 1.54) is 16.4 Å². The van der Waals surface area contributed by atoms with Crippen molar-refractivity contribution in [2.45, 2.75) is 17.7 Å². The molecule has 0 amide bonds. The minimum absolute atomic E-state index is 0.0441. The van der Waals surface area contributed by atoms with Crippen LogP contribution in [0.1, 0.15) is 12.8 Å². The lowest BCUT2D eigenvalue weighted by molar-refractivity contribution is -0.120. The molecule has 7 heteroatoms. The Kier molecular flexibility index (Phi) is 3.39. The van der Waals surface area contributed by atoms with E-state index in [1.54, 1.807) is 6.07 Å². The van der Waals surface area contributed by atoms with Gasteiger partial charge in [0.2, 0.25) is 10.0 Å². The van der Waals surface area contributed by atoms with Gasteiger partial charge in [-0.25, -0.2) is 8.42 Å². The van der Waals surface area contributed by atoms with Gasteiger partial charge in [0.1, 0.15) is 19.0 Å². The van der Waals surface area contributed by atoms with E-state index in [0.29, 0.717) is 44.1 Å². The van der Waals surface area contributed by atoms with Crippen molar-refractivity contribution in [2.24, 2.45) is 0 Å². The van der Waals surface area contributed by atoms with Crippen molar-refractivity contribution in [1.82, 2.24) is 4.31 Å². The van der Waals surface area contributed by atoms with Crippen molar-refractivity contribution in [3.05, 3.63) is 18.2 Å². The standard InChI is InChI=1S/C13H15NO5S/c15-10-2-1-5-14(9-10)20(16,17)11-3-4-12-13(8-11)19-7-6-18-12/h3-4,8H,1-2,5-7,9H2. The Hall–Kier alpha value is -1.60. The number of ketones is 1. The summed E-state index contributed by atoms with van der Waals surface area (Å²) in [5.41, 5.74) is 0. The fourth-order valence-electron chi connectivity index (χ4n) is 2.35. The van der Waals surface area contributed by atoms with Gasteiger partial charge >= 0.3 is 0 Å². The molecule has 2 aliphatic rings.